The number of nitrogens with one attached hydrogen (secondary N) is 2. The van der Waals surface area contributed by atoms with Crippen molar-refractivity contribution >= 4 is 33.2 Å². The van der Waals surface area contributed by atoms with Gasteiger partial charge in [-0.2, -0.15) is 0 Å². The van der Waals surface area contributed by atoms with Gasteiger partial charge in [-0.25, -0.2) is 0 Å². The third kappa shape index (κ3) is 2.10. The summed E-state index contributed by atoms with van der Waals surface area (Å²) in [6.45, 7) is 0.956. The molecule has 5 rings (SSSR count). The lowest BCUT2D eigenvalue weighted by atomic mass is 9.75. The molecule has 1 aromatic heterocycles. The Morgan fingerprint density at radius 3 is 2.96 bits per heavy atom. The van der Waals surface area contributed by atoms with Crippen LogP contribution in [0.4, 0.5) is 0 Å². The van der Waals surface area contributed by atoms with E-state index in [4.69, 9.17) is 11.6 Å². The van der Waals surface area contributed by atoms with Crippen molar-refractivity contribution in [3.05, 3.63) is 67.3 Å². The smallest absolute Gasteiger partial charge is 0.305 e. The molecule has 1 aliphatic carbocycles. The number of H-pyrrole nitrogens is 1. The van der Waals surface area contributed by atoms with Crippen molar-refractivity contribution in [3.63, 3.8) is 0 Å². The lowest BCUT2D eigenvalue weighted by molar-refractivity contribution is 0.435. The number of halogens is 1. The van der Waals surface area contributed by atoms with Crippen LogP contribution in [-0.4, -0.2) is 17.6 Å². The highest BCUT2D eigenvalue weighted by atomic mass is 35.5. The zero-order chi connectivity index (χ0) is 16.3. The molecule has 0 unspecified atom stereocenters. The molecule has 2 heterocycles. The van der Waals surface area contributed by atoms with Crippen molar-refractivity contribution in [1.82, 2.24) is 10.3 Å². The van der Waals surface area contributed by atoms with Crippen LogP contribution >= 0.6 is 22.9 Å². The largest absolute Gasteiger partial charge is 0.313 e. The molecule has 5 heteroatoms. The fraction of sp³-hybridized carbons (Fsp3) is 0.316. The standard InChI is InChI=1S/C19H17ClN2OS/c20-13-9-11-7-8-21-14-6-5-10-3-1-2-4-12(10)16(14)15(11)18-17(13)22-19(23)24-18/h1-4,9,14,16,21H,5-8H2,(H,22,23)/t14-,16-/m0/s1. The first-order chi connectivity index (χ1) is 11.7. The number of hydrogen-bond acceptors (Lipinski definition) is 3. The van der Waals surface area contributed by atoms with Crippen molar-refractivity contribution in [2.45, 2.75) is 31.2 Å². The molecule has 2 aliphatic rings. The van der Waals surface area contributed by atoms with Crippen LogP contribution < -0.4 is 10.2 Å². The quantitative estimate of drug-likeness (QED) is 0.643. The Morgan fingerprint density at radius 2 is 2.04 bits per heavy atom. The van der Waals surface area contributed by atoms with Gasteiger partial charge in [0, 0.05) is 12.0 Å². The lowest BCUT2D eigenvalue weighted by Gasteiger charge is -2.34. The van der Waals surface area contributed by atoms with E-state index in [-0.39, 0.29) is 4.87 Å². The maximum atomic E-state index is 12.0. The summed E-state index contributed by atoms with van der Waals surface area (Å²) < 4.78 is 1.04. The predicted octanol–water partition coefficient (Wildman–Crippen LogP) is 3.84. The molecule has 0 saturated heterocycles. The molecule has 3 aromatic rings. The predicted molar refractivity (Wildman–Crippen MR) is 99.6 cm³/mol. The lowest BCUT2D eigenvalue weighted by Crippen LogP contribution is -2.38. The number of thiazole rings is 1. The molecular formula is C19H17ClN2OS. The first kappa shape index (κ1) is 14.7. The third-order valence-corrected chi connectivity index (χ3v) is 6.62. The molecule has 0 spiro atoms. The van der Waals surface area contributed by atoms with E-state index in [1.54, 1.807) is 0 Å². The van der Waals surface area contributed by atoms with E-state index in [2.05, 4.69) is 40.6 Å². The maximum Gasteiger partial charge on any atom is 0.305 e. The summed E-state index contributed by atoms with van der Waals surface area (Å²) in [6.07, 6.45) is 3.19. The van der Waals surface area contributed by atoms with Gasteiger partial charge >= 0.3 is 4.87 Å². The number of hydrogen-bond donors (Lipinski definition) is 2. The minimum atomic E-state index is -0.0295. The molecular weight excluding hydrogens is 340 g/mol. The minimum absolute atomic E-state index is 0.0295. The fourth-order valence-electron chi connectivity index (χ4n) is 4.41. The van der Waals surface area contributed by atoms with Crippen LogP contribution in [0.3, 0.4) is 0 Å². The zero-order valence-corrected chi connectivity index (χ0v) is 14.6. The minimum Gasteiger partial charge on any atom is -0.313 e. The van der Waals surface area contributed by atoms with Crippen LogP contribution in [0.25, 0.3) is 10.2 Å². The Balaban J connectivity index is 1.86. The molecule has 1 aliphatic heterocycles. The topological polar surface area (TPSA) is 44.9 Å². The van der Waals surface area contributed by atoms with Crippen LogP contribution in [0.2, 0.25) is 5.02 Å². The number of aromatic nitrogens is 1. The Kier molecular flexibility index (Phi) is 3.34. The summed E-state index contributed by atoms with van der Waals surface area (Å²) >= 11 is 7.75. The summed E-state index contributed by atoms with van der Waals surface area (Å²) in [6, 6.07) is 11.2. The van der Waals surface area contributed by atoms with Crippen molar-refractivity contribution in [3.8, 4) is 0 Å². The summed E-state index contributed by atoms with van der Waals surface area (Å²) in [5.41, 5.74) is 6.21. The average molecular weight is 357 g/mol. The molecule has 24 heavy (non-hydrogen) atoms. The van der Waals surface area contributed by atoms with Gasteiger partial charge in [-0.05, 0) is 54.1 Å². The first-order valence-electron chi connectivity index (χ1n) is 8.37. The van der Waals surface area contributed by atoms with Crippen LogP contribution in [-0.2, 0) is 12.8 Å². The molecule has 3 nitrogen and oxygen atoms in total. The van der Waals surface area contributed by atoms with E-state index in [0.717, 1.165) is 36.0 Å². The molecule has 0 fully saturated rings. The third-order valence-electron chi connectivity index (χ3n) is 5.41. The second-order valence-corrected chi connectivity index (χ2v) is 8.07. The highest BCUT2D eigenvalue weighted by molar-refractivity contribution is 7.16. The van der Waals surface area contributed by atoms with Gasteiger partial charge in [-0.1, -0.05) is 47.2 Å². The number of aromatic amines is 1. The van der Waals surface area contributed by atoms with Crippen LogP contribution in [0.1, 0.15) is 34.6 Å². The van der Waals surface area contributed by atoms with Gasteiger partial charge in [0.15, 0.2) is 0 Å². The Hall–Kier alpha value is -1.62. The van der Waals surface area contributed by atoms with Gasteiger partial charge in [0.1, 0.15) is 0 Å². The summed E-state index contributed by atoms with van der Waals surface area (Å²) in [5.74, 6) is 0.290. The van der Waals surface area contributed by atoms with Gasteiger partial charge in [-0.3, -0.25) is 4.79 Å². The zero-order valence-electron chi connectivity index (χ0n) is 13.1. The second kappa shape index (κ2) is 5.45. The fourth-order valence-corrected chi connectivity index (χ4v) is 5.71. The Bertz CT molecular complexity index is 1010. The summed E-state index contributed by atoms with van der Waals surface area (Å²) in [4.78, 5) is 14.9. The maximum absolute atomic E-state index is 12.0. The SMILES string of the molecule is O=c1[nH]c2c(Cl)cc3c(c2s1)[C@H]1c2ccccc2CC[C@@H]1NCC3. The van der Waals surface area contributed by atoms with Crippen molar-refractivity contribution in [2.75, 3.05) is 6.54 Å². The van der Waals surface area contributed by atoms with Gasteiger partial charge in [0.05, 0.1) is 15.2 Å². The average Bonchev–Trinajstić information content (AvgIpc) is 2.88. The van der Waals surface area contributed by atoms with Gasteiger partial charge < -0.3 is 10.3 Å². The van der Waals surface area contributed by atoms with Crippen molar-refractivity contribution < 1.29 is 0 Å². The second-order valence-electron chi connectivity index (χ2n) is 6.68. The van der Waals surface area contributed by atoms with E-state index in [1.165, 1.54) is 33.6 Å². The van der Waals surface area contributed by atoms with E-state index < -0.39 is 0 Å². The summed E-state index contributed by atoms with van der Waals surface area (Å²) in [7, 11) is 0. The normalized spacial score (nSPS) is 22.5. The molecule has 2 aromatic carbocycles. The Morgan fingerprint density at radius 1 is 1.17 bits per heavy atom. The number of fused-ring (bicyclic) bond motifs is 7. The van der Waals surface area contributed by atoms with Gasteiger partial charge in [0.2, 0.25) is 0 Å². The van der Waals surface area contributed by atoms with E-state index >= 15 is 0 Å². The molecule has 0 amide bonds. The molecule has 2 N–H and O–H groups in total. The molecule has 122 valence electrons. The first-order valence-corrected chi connectivity index (χ1v) is 9.57. The van der Waals surface area contributed by atoms with Crippen LogP contribution in [0.15, 0.2) is 35.1 Å². The molecule has 0 saturated carbocycles. The Labute approximate surface area is 148 Å². The van der Waals surface area contributed by atoms with Crippen molar-refractivity contribution in [2.24, 2.45) is 0 Å². The number of rotatable bonds is 0. The van der Waals surface area contributed by atoms with E-state index in [9.17, 15) is 4.79 Å². The van der Waals surface area contributed by atoms with Crippen LogP contribution in [0, 0.1) is 0 Å². The van der Waals surface area contributed by atoms with Crippen molar-refractivity contribution in [1.29, 1.82) is 0 Å². The number of aryl methyl sites for hydroxylation is 1. The summed E-state index contributed by atoms with van der Waals surface area (Å²) in [5, 5.41) is 4.39. The van der Waals surface area contributed by atoms with Gasteiger partial charge in [-0.15, -0.1) is 0 Å². The molecule has 0 bridgehead atoms. The van der Waals surface area contributed by atoms with E-state index in [1.807, 2.05) is 0 Å². The molecule has 0 radical (unpaired) electrons. The van der Waals surface area contributed by atoms with E-state index in [0.29, 0.717) is 17.0 Å². The van der Waals surface area contributed by atoms with Crippen LogP contribution in [0.5, 0.6) is 0 Å². The van der Waals surface area contributed by atoms with Gasteiger partial charge in [0.25, 0.3) is 0 Å². The highest BCUT2D eigenvalue weighted by Gasteiger charge is 2.35. The number of benzene rings is 2. The highest BCUT2D eigenvalue weighted by Crippen LogP contribution is 2.44. The monoisotopic (exact) mass is 356 g/mol. The molecule has 2 atom stereocenters.